The molecule has 2 fully saturated rings. The van der Waals surface area contributed by atoms with Crippen LogP contribution in [0.25, 0.3) is 0 Å². The van der Waals surface area contributed by atoms with Crippen molar-refractivity contribution in [2.75, 3.05) is 0 Å². The largest absolute Gasteiger partial charge is 0.393 e. The van der Waals surface area contributed by atoms with Crippen LogP contribution >= 0.6 is 0 Å². The smallest absolute Gasteiger partial charge is 0.317 e. The fraction of sp³-hybridized carbons (Fsp3) is 0.750. The Morgan fingerprint density at radius 1 is 1.50 bits per heavy atom. The molecule has 0 radical (unpaired) electrons. The molecule has 2 heterocycles. The Balaban J connectivity index is 2.24. The number of carbonyl (C=O) groups excluding carboxylic acids is 2. The van der Waals surface area contributed by atoms with E-state index in [0.717, 1.165) is 6.42 Å². The van der Waals surface area contributed by atoms with Crippen LogP contribution < -0.4 is 0 Å². The summed E-state index contributed by atoms with van der Waals surface area (Å²) in [5, 5.41) is 0.161. The van der Waals surface area contributed by atoms with E-state index in [-0.39, 0.29) is 28.4 Å². The number of carbonyl (C=O) groups is 2. The minimum Gasteiger partial charge on any atom is -0.393 e. The van der Waals surface area contributed by atoms with Gasteiger partial charge in [-0.25, -0.2) is 0 Å². The molecule has 3 unspecified atom stereocenters. The van der Waals surface area contributed by atoms with E-state index in [2.05, 4.69) is 18.6 Å². The van der Waals surface area contributed by atoms with Crippen molar-refractivity contribution in [1.82, 2.24) is 0 Å². The summed E-state index contributed by atoms with van der Waals surface area (Å²) >= 11 is 0. The van der Waals surface area contributed by atoms with Crippen LogP contribution in [0, 0.1) is 5.92 Å². The van der Waals surface area contributed by atoms with Crippen LogP contribution in [0.4, 0.5) is 0 Å². The number of fused-ring (bicyclic) bond motifs is 1. The molecule has 0 bridgehead atoms. The molecule has 2 rings (SSSR count). The molecule has 2 aliphatic heterocycles. The maximum Gasteiger partial charge on any atom is 0.317 e. The Hall–Kier alpha value is -0.643. The fourth-order valence-corrected chi connectivity index (χ4v) is 5.10. The third kappa shape index (κ3) is 0.758. The molecule has 66 valence electrons. The van der Waals surface area contributed by atoms with Gasteiger partial charge >= 0.3 is 11.9 Å². The normalized spacial score (nSPS) is 47.2. The van der Waals surface area contributed by atoms with Gasteiger partial charge in [-0.2, -0.15) is 0 Å². The summed E-state index contributed by atoms with van der Waals surface area (Å²) in [5.74, 6) is -0.600. The predicted molar refractivity (Wildman–Crippen MR) is 45.5 cm³/mol. The van der Waals surface area contributed by atoms with Crippen LogP contribution in [0.3, 0.4) is 0 Å². The first-order valence-electron chi connectivity index (χ1n) is 4.34. The summed E-state index contributed by atoms with van der Waals surface area (Å²) in [6.07, 6.45) is 1.00. The van der Waals surface area contributed by atoms with Gasteiger partial charge in [0.2, 0.25) is 0 Å². The minimum atomic E-state index is -0.423. The molecule has 0 spiro atoms. The van der Waals surface area contributed by atoms with E-state index in [9.17, 15) is 9.59 Å². The zero-order valence-electron chi connectivity index (χ0n) is 7.29. The maximum atomic E-state index is 11.2. The number of cyclic esters (lactones) is 2. The van der Waals surface area contributed by atoms with Gasteiger partial charge in [-0.15, -0.1) is 0 Å². The van der Waals surface area contributed by atoms with Crippen molar-refractivity contribution in [3.8, 4) is 0 Å². The SMILES string of the molecule is CCC1(C)[SiH2]C2C(=O)OC(=O)C21. The lowest BCUT2D eigenvalue weighted by Gasteiger charge is -2.44. The molecular weight excluding hydrogens is 172 g/mol. The van der Waals surface area contributed by atoms with Crippen molar-refractivity contribution in [1.29, 1.82) is 0 Å². The average molecular weight is 184 g/mol. The van der Waals surface area contributed by atoms with E-state index in [1.165, 1.54) is 0 Å². The van der Waals surface area contributed by atoms with Crippen LogP contribution in [0.2, 0.25) is 10.6 Å². The van der Waals surface area contributed by atoms with Gasteiger partial charge in [0.15, 0.2) is 0 Å². The fourth-order valence-electron chi connectivity index (χ4n) is 2.34. The van der Waals surface area contributed by atoms with Crippen LogP contribution in [0.5, 0.6) is 0 Å². The molecule has 2 aliphatic rings. The summed E-state index contributed by atoms with van der Waals surface area (Å²) in [5.41, 5.74) is 0.0162. The zero-order valence-corrected chi connectivity index (χ0v) is 8.71. The van der Waals surface area contributed by atoms with E-state index in [0.29, 0.717) is 0 Å². The van der Waals surface area contributed by atoms with Crippen LogP contribution in [-0.4, -0.2) is 21.5 Å². The number of rotatable bonds is 1. The zero-order chi connectivity index (χ0) is 8.93. The van der Waals surface area contributed by atoms with Crippen molar-refractivity contribution in [2.45, 2.75) is 30.8 Å². The first kappa shape index (κ1) is 7.98. The Bertz CT molecular complexity index is 263. The van der Waals surface area contributed by atoms with E-state index < -0.39 is 9.52 Å². The Labute approximate surface area is 73.3 Å². The van der Waals surface area contributed by atoms with Gasteiger partial charge in [0.05, 0.1) is 11.5 Å². The molecule has 0 aromatic carbocycles. The average Bonchev–Trinajstić information content (AvgIpc) is 2.20. The quantitative estimate of drug-likeness (QED) is 0.333. The molecule has 0 N–H and O–H groups in total. The molecule has 0 aromatic heterocycles. The highest BCUT2D eigenvalue weighted by Crippen LogP contribution is 2.59. The van der Waals surface area contributed by atoms with Crippen LogP contribution in [-0.2, 0) is 14.3 Å². The van der Waals surface area contributed by atoms with Crippen molar-refractivity contribution in [3.63, 3.8) is 0 Å². The molecule has 4 heteroatoms. The van der Waals surface area contributed by atoms with E-state index in [1.807, 2.05) is 0 Å². The highest BCUT2D eigenvalue weighted by molar-refractivity contribution is 6.55. The van der Waals surface area contributed by atoms with E-state index >= 15 is 0 Å². The van der Waals surface area contributed by atoms with E-state index in [1.54, 1.807) is 0 Å². The van der Waals surface area contributed by atoms with Crippen molar-refractivity contribution < 1.29 is 14.3 Å². The lowest BCUT2D eigenvalue weighted by atomic mass is 9.86. The molecule has 0 amide bonds. The van der Waals surface area contributed by atoms with E-state index in [4.69, 9.17) is 0 Å². The number of hydrogen-bond acceptors (Lipinski definition) is 3. The lowest BCUT2D eigenvalue weighted by Crippen LogP contribution is -2.46. The second-order valence-corrected chi connectivity index (χ2v) is 6.94. The van der Waals surface area contributed by atoms with Crippen LogP contribution in [0.1, 0.15) is 20.3 Å². The summed E-state index contributed by atoms with van der Waals surface area (Å²) in [6, 6.07) is 0. The Morgan fingerprint density at radius 2 is 2.17 bits per heavy atom. The van der Waals surface area contributed by atoms with Gasteiger partial charge < -0.3 is 4.74 Å². The molecule has 0 saturated carbocycles. The van der Waals surface area contributed by atoms with Crippen molar-refractivity contribution in [3.05, 3.63) is 0 Å². The molecule has 3 nitrogen and oxygen atoms in total. The second kappa shape index (κ2) is 2.19. The highest BCUT2D eigenvalue weighted by Gasteiger charge is 2.62. The predicted octanol–water partition coefficient (Wildman–Crippen LogP) is 0.245. The summed E-state index contributed by atoms with van der Waals surface area (Å²) in [4.78, 5) is 22.2. The third-order valence-electron chi connectivity index (χ3n) is 3.40. The van der Waals surface area contributed by atoms with Gasteiger partial charge in [-0.1, -0.05) is 20.3 Å². The number of ether oxygens (including phenoxy) is 1. The summed E-state index contributed by atoms with van der Waals surface area (Å²) < 4.78 is 4.60. The first-order valence-corrected chi connectivity index (χ1v) is 5.86. The number of hydrogen-bond donors (Lipinski definition) is 0. The van der Waals surface area contributed by atoms with Gasteiger partial charge in [0.1, 0.15) is 0 Å². The maximum absolute atomic E-state index is 11.2. The first-order chi connectivity index (χ1) is 5.58. The van der Waals surface area contributed by atoms with Crippen LogP contribution in [0.15, 0.2) is 0 Å². The molecule has 0 aliphatic carbocycles. The molecule has 2 saturated heterocycles. The second-order valence-electron chi connectivity index (χ2n) is 4.04. The summed E-state index contributed by atoms with van der Waals surface area (Å²) in [6.45, 7) is 4.19. The molecule has 0 aromatic rings. The van der Waals surface area contributed by atoms with Gasteiger partial charge in [-0.3, -0.25) is 9.59 Å². The Morgan fingerprint density at radius 3 is 2.67 bits per heavy atom. The molecule has 12 heavy (non-hydrogen) atoms. The van der Waals surface area contributed by atoms with Crippen molar-refractivity contribution >= 4 is 21.5 Å². The van der Waals surface area contributed by atoms with Crippen molar-refractivity contribution in [2.24, 2.45) is 5.92 Å². The minimum absolute atomic E-state index is 0.0162. The molecule has 3 atom stereocenters. The number of esters is 2. The molecular formula is C8H12O3Si. The Kier molecular flexibility index (Phi) is 1.45. The summed E-state index contributed by atoms with van der Waals surface area (Å²) in [7, 11) is -0.423. The third-order valence-corrected chi connectivity index (χ3v) is 6.52. The highest BCUT2D eigenvalue weighted by atomic mass is 28.2. The van der Waals surface area contributed by atoms with Gasteiger partial charge in [-0.05, 0) is 5.04 Å². The van der Waals surface area contributed by atoms with Gasteiger partial charge in [0, 0.05) is 9.52 Å². The topological polar surface area (TPSA) is 43.4 Å². The standard InChI is InChI=1S/C8H12O3Si/c1-3-8(2)4-5(12-8)7(10)11-6(4)9/h4-5H,3,12H2,1-2H3. The lowest BCUT2D eigenvalue weighted by molar-refractivity contribution is -0.153. The van der Waals surface area contributed by atoms with Gasteiger partial charge in [0.25, 0.3) is 0 Å². The monoisotopic (exact) mass is 184 g/mol.